The summed E-state index contributed by atoms with van der Waals surface area (Å²) in [5.74, 6) is 0. The molecule has 0 aliphatic rings. The molecule has 0 atom stereocenters. The summed E-state index contributed by atoms with van der Waals surface area (Å²) in [5.41, 5.74) is 0. The summed E-state index contributed by atoms with van der Waals surface area (Å²) >= 11 is 27.9. The van der Waals surface area contributed by atoms with Gasteiger partial charge in [0, 0.05) is 37.5 Å². The molecule has 0 bridgehead atoms. The Hall–Kier alpha value is -0.0300. The van der Waals surface area contributed by atoms with E-state index in [1.165, 1.54) is 0 Å². The number of halogens is 5. The maximum atomic E-state index is 7.09. The number of benzene rings is 4. The van der Waals surface area contributed by atoms with E-state index in [0.29, 0.717) is 5.03 Å². The fraction of sp³-hybridized carbons (Fsp3) is 0. The molecule has 0 N–H and O–H groups in total. The molecule has 0 saturated heterocycles. The minimum atomic E-state index is 0.699. The van der Waals surface area contributed by atoms with Crippen molar-refractivity contribution in [2.45, 2.75) is 19.6 Å². The average molecular weight is 837 g/mol. The molecule has 0 unspecified atom stereocenters. The van der Waals surface area contributed by atoms with Gasteiger partial charge in [0.05, 0.1) is 13.5 Å². The van der Waals surface area contributed by atoms with Gasteiger partial charge in [-0.1, -0.05) is 122 Å². The van der Waals surface area contributed by atoms with Crippen LogP contribution in [0.2, 0.25) is 0 Å². The van der Waals surface area contributed by atoms with Crippen molar-refractivity contribution in [3.63, 3.8) is 0 Å². The van der Waals surface area contributed by atoms with Gasteiger partial charge in [0.25, 0.3) is 0 Å². The van der Waals surface area contributed by atoms with Crippen LogP contribution < -0.4 is 0 Å². The zero-order valence-electron chi connectivity index (χ0n) is 18.8. The van der Waals surface area contributed by atoms with Crippen molar-refractivity contribution in [1.82, 2.24) is 0 Å². The second kappa shape index (κ2) is 15.1. The quantitative estimate of drug-likeness (QED) is 0.122. The van der Waals surface area contributed by atoms with Crippen LogP contribution in [0.5, 0.6) is 0 Å². The molecular weight excluding hydrogens is 820 g/mol. The first-order chi connectivity index (χ1) is 17.8. The Balaban J connectivity index is 1.71. The van der Waals surface area contributed by atoms with Crippen molar-refractivity contribution in [2.75, 3.05) is 0 Å². The van der Waals surface area contributed by atoms with Gasteiger partial charge in [-0.3, -0.25) is 0 Å². The van der Waals surface area contributed by atoms with Gasteiger partial charge in [0.2, 0.25) is 0 Å². The maximum absolute atomic E-state index is 7.09. The molecule has 0 aliphatic heterocycles. The van der Waals surface area contributed by atoms with Crippen LogP contribution in [0.1, 0.15) is 0 Å². The van der Waals surface area contributed by atoms with Gasteiger partial charge in [-0.15, -0.1) is 0 Å². The van der Waals surface area contributed by atoms with E-state index in [1.807, 2.05) is 24.3 Å². The average Bonchev–Trinajstić information content (AvgIpc) is 2.89. The van der Waals surface area contributed by atoms with Crippen LogP contribution in [0.15, 0.2) is 154 Å². The molecule has 0 heterocycles. The Labute approximate surface area is 273 Å². The lowest BCUT2D eigenvalue weighted by Gasteiger charge is -2.12. The first-order valence-corrected chi connectivity index (χ1v) is 17.5. The highest BCUT2D eigenvalue weighted by Gasteiger charge is 2.12. The van der Waals surface area contributed by atoms with Crippen LogP contribution in [0, 0.1) is 0 Å². The number of hydrogen-bond donors (Lipinski definition) is 0. The summed E-state index contributed by atoms with van der Waals surface area (Å²) in [6.07, 6.45) is 2.08. The summed E-state index contributed by atoms with van der Waals surface area (Å²) in [5, 5.41) is 0.699. The summed E-state index contributed by atoms with van der Waals surface area (Å²) < 4.78 is 6.30. The van der Waals surface area contributed by atoms with Crippen LogP contribution in [0.3, 0.4) is 0 Å². The molecule has 0 spiro atoms. The van der Waals surface area contributed by atoms with Crippen molar-refractivity contribution in [2.24, 2.45) is 0 Å². The monoisotopic (exact) mass is 832 g/mol. The van der Waals surface area contributed by atoms with E-state index >= 15 is 0 Å². The lowest BCUT2D eigenvalue weighted by Crippen LogP contribution is -1.82. The van der Waals surface area contributed by atoms with Gasteiger partial charge in [0.15, 0.2) is 0 Å². The summed E-state index contributed by atoms with van der Waals surface area (Å²) in [4.78, 5) is 4.53. The predicted octanol–water partition coefficient (Wildman–Crippen LogP) is 13.5. The lowest BCUT2D eigenvalue weighted by atomic mass is 10.4. The largest absolute Gasteiger partial charge is 0.0827 e. The molecule has 0 fully saturated rings. The van der Waals surface area contributed by atoms with Gasteiger partial charge in [-0.05, 0) is 103 Å². The first-order valence-electron chi connectivity index (χ1n) is 10.7. The molecule has 4 aromatic carbocycles. The van der Waals surface area contributed by atoms with E-state index in [9.17, 15) is 0 Å². The molecule has 0 saturated carbocycles. The van der Waals surface area contributed by atoms with Gasteiger partial charge >= 0.3 is 0 Å². The Kier molecular flexibility index (Phi) is 12.2. The molecule has 9 heteroatoms. The Morgan fingerprint density at radius 3 is 1.03 bits per heavy atom. The topological polar surface area (TPSA) is 0 Å². The zero-order chi connectivity index (χ0) is 26.2. The molecule has 0 radical (unpaired) electrons. The smallest absolute Gasteiger partial charge is 0.0685 e. The molecule has 0 amide bonds. The molecule has 0 aromatic heterocycles. The van der Waals surface area contributed by atoms with E-state index < -0.39 is 0 Å². The van der Waals surface area contributed by atoms with Crippen LogP contribution >= 0.6 is 122 Å². The van der Waals surface area contributed by atoms with Crippen LogP contribution in [0.4, 0.5) is 0 Å². The second-order valence-electron chi connectivity index (χ2n) is 7.32. The van der Waals surface area contributed by atoms with Crippen molar-refractivity contribution >= 4 is 122 Å². The molecule has 0 aliphatic carbocycles. The maximum Gasteiger partial charge on any atom is 0.0685 e. The highest BCUT2D eigenvalue weighted by Crippen LogP contribution is 2.46. The van der Waals surface area contributed by atoms with Crippen LogP contribution in [-0.4, -0.2) is 0 Å². The number of hydrogen-bond acceptors (Lipinski definition) is 4. The lowest BCUT2D eigenvalue weighted by molar-refractivity contribution is 1.44. The predicted molar refractivity (Wildman–Crippen MR) is 181 cm³/mol. The van der Waals surface area contributed by atoms with Gasteiger partial charge in [0.1, 0.15) is 0 Å². The Morgan fingerprint density at radius 1 is 0.459 bits per heavy atom. The second-order valence-corrected chi connectivity index (χ2v) is 16.3. The first kappa shape index (κ1) is 29.9. The Bertz CT molecular complexity index is 1290. The molecule has 4 rings (SSSR count). The number of rotatable bonds is 9. The van der Waals surface area contributed by atoms with Gasteiger partial charge < -0.3 is 0 Å². The van der Waals surface area contributed by atoms with Crippen LogP contribution in [-0.2, 0) is 0 Å². The summed E-state index contributed by atoms with van der Waals surface area (Å²) in [6, 6.07) is 33.2. The fourth-order valence-corrected chi connectivity index (χ4v) is 8.48. The number of thioether (sulfide) groups is 4. The molecule has 4 aromatic rings. The normalized spacial score (nSPS) is 10.7. The van der Waals surface area contributed by atoms with Crippen molar-refractivity contribution in [3.05, 3.63) is 135 Å². The van der Waals surface area contributed by atoms with E-state index in [-0.39, 0.29) is 0 Å². The molecule has 0 nitrogen and oxygen atoms in total. The fourth-order valence-electron chi connectivity index (χ4n) is 2.82. The van der Waals surface area contributed by atoms with E-state index in [2.05, 4.69) is 143 Å². The third-order valence-corrected chi connectivity index (χ3v) is 11.7. The highest BCUT2D eigenvalue weighted by atomic mass is 79.9. The summed E-state index contributed by atoms with van der Waals surface area (Å²) in [6.45, 7) is 0. The highest BCUT2D eigenvalue weighted by molar-refractivity contribution is 9.11. The third-order valence-electron chi connectivity index (χ3n) is 4.55. The standard InChI is InChI=1S/C28H17Br4ClS4/c29-18-1-9-22(10-2-18)34-27(35-23-11-3-19(30)4-12-23)17-26(33)28(36-24-13-5-20(31)6-14-24)37-25-15-7-21(32)8-16-25/h1-17H. The van der Waals surface area contributed by atoms with Crippen LogP contribution in [0.25, 0.3) is 0 Å². The minimum absolute atomic E-state index is 0.699. The summed E-state index contributed by atoms with van der Waals surface area (Å²) in [7, 11) is 0. The minimum Gasteiger partial charge on any atom is -0.0827 e. The molecule has 188 valence electrons. The zero-order valence-corrected chi connectivity index (χ0v) is 29.2. The van der Waals surface area contributed by atoms with E-state index in [1.54, 1.807) is 47.0 Å². The van der Waals surface area contributed by atoms with Crippen molar-refractivity contribution in [3.8, 4) is 0 Å². The van der Waals surface area contributed by atoms with Gasteiger partial charge in [-0.2, -0.15) is 0 Å². The number of allylic oxidation sites excluding steroid dienone is 2. The molecular formula is C28H17Br4ClS4. The third kappa shape index (κ3) is 10.1. The SMILES string of the molecule is ClC(C=C(Sc1ccc(Br)cc1)Sc1ccc(Br)cc1)=C(Sc1ccc(Br)cc1)Sc1ccc(Br)cc1. The van der Waals surface area contributed by atoms with E-state index in [4.69, 9.17) is 11.6 Å². The molecule has 37 heavy (non-hydrogen) atoms. The van der Waals surface area contributed by atoms with Crippen molar-refractivity contribution in [1.29, 1.82) is 0 Å². The van der Waals surface area contributed by atoms with Gasteiger partial charge in [-0.25, -0.2) is 0 Å². The van der Waals surface area contributed by atoms with E-state index in [0.717, 1.165) is 45.9 Å². The van der Waals surface area contributed by atoms with Crippen molar-refractivity contribution < 1.29 is 0 Å². The Morgan fingerprint density at radius 2 is 0.730 bits per heavy atom.